The van der Waals surface area contributed by atoms with Gasteiger partial charge in [-0.25, -0.2) is 0 Å². The van der Waals surface area contributed by atoms with Gasteiger partial charge in [0.05, 0.1) is 12.6 Å². The number of carbonyl (C=O) groups excluding carboxylic acids is 1. The van der Waals surface area contributed by atoms with E-state index < -0.39 is 5.54 Å². The highest BCUT2D eigenvalue weighted by atomic mass is 16.3. The Kier molecular flexibility index (Phi) is 3.68. The third-order valence-electron chi connectivity index (χ3n) is 3.67. The molecule has 1 amide bonds. The van der Waals surface area contributed by atoms with Crippen molar-refractivity contribution in [3.63, 3.8) is 0 Å². The van der Waals surface area contributed by atoms with Gasteiger partial charge in [0.25, 0.3) is 0 Å². The minimum atomic E-state index is -1.03. The van der Waals surface area contributed by atoms with Crippen molar-refractivity contribution < 1.29 is 9.90 Å². The van der Waals surface area contributed by atoms with E-state index in [1.807, 2.05) is 30.3 Å². The van der Waals surface area contributed by atoms with Crippen LogP contribution in [0.25, 0.3) is 0 Å². The van der Waals surface area contributed by atoms with Crippen molar-refractivity contribution in [3.05, 3.63) is 35.9 Å². The third kappa shape index (κ3) is 2.26. The lowest BCUT2D eigenvalue weighted by molar-refractivity contribution is -0.138. The summed E-state index contributed by atoms with van der Waals surface area (Å²) in [7, 11) is 0. The van der Waals surface area contributed by atoms with Gasteiger partial charge in [0.2, 0.25) is 5.91 Å². The first-order valence-electron chi connectivity index (χ1n) is 6.33. The number of aliphatic hydroxyl groups excluding tert-OH is 1. The summed E-state index contributed by atoms with van der Waals surface area (Å²) in [6.07, 6.45) is 1.79. The van der Waals surface area contributed by atoms with Gasteiger partial charge in [0.15, 0.2) is 0 Å². The smallest absolute Gasteiger partial charge is 0.247 e. The molecule has 98 valence electrons. The fourth-order valence-corrected chi connectivity index (χ4v) is 2.50. The summed E-state index contributed by atoms with van der Waals surface area (Å²) < 4.78 is 0. The Morgan fingerprint density at radius 3 is 2.78 bits per heavy atom. The molecule has 1 heterocycles. The Balaban J connectivity index is 2.22. The van der Waals surface area contributed by atoms with Crippen LogP contribution in [0.1, 0.15) is 25.3 Å². The van der Waals surface area contributed by atoms with Crippen LogP contribution in [0, 0.1) is 0 Å². The second-order valence-electron chi connectivity index (χ2n) is 5.05. The van der Waals surface area contributed by atoms with Crippen LogP contribution in [-0.2, 0) is 10.3 Å². The average Bonchev–Trinajstić information content (AvgIpc) is 2.87. The van der Waals surface area contributed by atoms with Gasteiger partial charge >= 0.3 is 0 Å². The van der Waals surface area contributed by atoms with Crippen LogP contribution < -0.4 is 5.73 Å². The van der Waals surface area contributed by atoms with E-state index in [2.05, 4.69) is 0 Å². The first-order chi connectivity index (χ1) is 8.57. The molecule has 1 unspecified atom stereocenters. The number of nitrogens with zero attached hydrogens (tertiary/aromatic N) is 1. The number of benzene rings is 1. The summed E-state index contributed by atoms with van der Waals surface area (Å²) in [6, 6.07) is 9.30. The molecule has 0 aliphatic carbocycles. The lowest BCUT2D eigenvalue weighted by Crippen LogP contribution is -2.53. The first kappa shape index (κ1) is 13.1. The summed E-state index contributed by atoms with van der Waals surface area (Å²) in [4.78, 5) is 14.2. The zero-order valence-corrected chi connectivity index (χ0v) is 10.7. The Morgan fingerprint density at radius 2 is 2.17 bits per heavy atom. The largest absolute Gasteiger partial charge is 0.394 e. The van der Waals surface area contributed by atoms with E-state index in [-0.39, 0.29) is 18.6 Å². The predicted molar refractivity (Wildman–Crippen MR) is 69.8 cm³/mol. The van der Waals surface area contributed by atoms with Crippen LogP contribution in [0.15, 0.2) is 30.3 Å². The summed E-state index contributed by atoms with van der Waals surface area (Å²) in [5, 5.41) is 9.29. The minimum absolute atomic E-state index is 0.0105. The van der Waals surface area contributed by atoms with Crippen molar-refractivity contribution in [1.82, 2.24) is 4.90 Å². The summed E-state index contributed by atoms with van der Waals surface area (Å²) >= 11 is 0. The molecule has 0 radical (unpaired) electrons. The molecule has 1 fully saturated rings. The first-order valence-corrected chi connectivity index (χ1v) is 6.33. The lowest BCUT2D eigenvalue weighted by Gasteiger charge is -2.32. The van der Waals surface area contributed by atoms with Crippen LogP contribution in [0.4, 0.5) is 0 Å². The highest BCUT2D eigenvalue weighted by Crippen LogP contribution is 2.25. The van der Waals surface area contributed by atoms with Gasteiger partial charge in [-0.15, -0.1) is 0 Å². The molecule has 1 aliphatic heterocycles. The molecule has 2 rings (SSSR count). The number of amides is 1. The molecular weight excluding hydrogens is 228 g/mol. The molecule has 0 bridgehead atoms. The van der Waals surface area contributed by atoms with Crippen LogP contribution >= 0.6 is 0 Å². The number of hydrogen-bond acceptors (Lipinski definition) is 3. The van der Waals surface area contributed by atoms with Crippen LogP contribution in [0.3, 0.4) is 0 Å². The Hall–Kier alpha value is -1.39. The normalized spacial score (nSPS) is 22.8. The van der Waals surface area contributed by atoms with Gasteiger partial charge < -0.3 is 15.7 Å². The van der Waals surface area contributed by atoms with Gasteiger partial charge in [0, 0.05) is 6.54 Å². The fourth-order valence-electron chi connectivity index (χ4n) is 2.50. The molecule has 1 aromatic rings. The van der Waals surface area contributed by atoms with Gasteiger partial charge in [-0.2, -0.15) is 0 Å². The van der Waals surface area contributed by atoms with E-state index in [1.54, 1.807) is 11.8 Å². The Labute approximate surface area is 107 Å². The van der Waals surface area contributed by atoms with Crippen molar-refractivity contribution >= 4 is 5.91 Å². The van der Waals surface area contributed by atoms with Gasteiger partial charge in [-0.3, -0.25) is 4.79 Å². The van der Waals surface area contributed by atoms with Crippen molar-refractivity contribution in [2.45, 2.75) is 31.3 Å². The molecular formula is C14H20N2O2. The summed E-state index contributed by atoms with van der Waals surface area (Å²) in [6.45, 7) is 2.43. The highest BCUT2D eigenvalue weighted by molar-refractivity contribution is 5.87. The zero-order chi connectivity index (χ0) is 13.2. The molecule has 0 saturated carbocycles. The lowest BCUT2D eigenvalue weighted by atomic mass is 9.91. The number of hydrogen-bond donors (Lipinski definition) is 2. The molecule has 0 spiro atoms. The van der Waals surface area contributed by atoms with Crippen LogP contribution in [-0.4, -0.2) is 35.1 Å². The summed E-state index contributed by atoms with van der Waals surface area (Å²) in [5.41, 5.74) is 5.98. The second kappa shape index (κ2) is 5.08. The molecule has 4 heteroatoms. The van der Waals surface area contributed by atoms with Crippen molar-refractivity contribution in [3.8, 4) is 0 Å². The zero-order valence-electron chi connectivity index (χ0n) is 10.7. The fraction of sp³-hybridized carbons (Fsp3) is 0.500. The molecule has 1 aliphatic rings. The number of rotatable bonds is 3. The van der Waals surface area contributed by atoms with Gasteiger partial charge in [-0.1, -0.05) is 30.3 Å². The van der Waals surface area contributed by atoms with Crippen molar-refractivity contribution in [2.24, 2.45) is 5.73 Å². The SMILES string of the molecule is CC(N)(C(=O)N1CCC[C@@H]1CO)c1ccccc1. The van der Waals surface area contributed by atoms with E-state index >= 15 is 0 Å². The van der Waals surface area contributed by atoms with Crippen LogP contribution in [0.5, 0.6) is 0 Å². The van der Waals surface area contributed by atoms with E-state index in [1.165, 1.54) is 0 Å². The Morgan fingerprint density at radius 1 is 1.50 bits per heavy atom. The van der Waals surface area contributed by atoms with E-state index in [4.69, 9.17) is 5.73 Å². The number of nitrogens with two attached hydrogens (primary N) is 1. The molecule has 4 nitrogen and oxygen atoms in total. The van der Waals surface area contributed by atoms with Crippen molar-refractivity contribution in [1.29, 1.82) is 0 Å². The maximum atomic E-state index is 12.5. The maximum absolute atomic E-state index is 12.5. The standard InChI is InChI=1S/C14H20N2O2/c1-14(15,11-6-3-2-4-7-11)13(18)16-9-5-8-12(16)10-17/h2-4,6-7,12,17H,5,8-10,15H2,1H3/t12-,14?/m1/s1. The van der Waals surface area contributed by atoms with Crippen LogP contribution in [0.2, 0.25) is 0 Å². The molecule has 1 aromatic carbocycles. The third-order valence-corrected chi connectivity index (χ3v) is 3.67. The molecule has 2 atom stereocenters. The monoisotopic (exact) mass is 248 g/mol. The highest BCUT2D eigenvalue weighted by Gasteiger charge is 2.38. The number of likely N-dealkylation sites (tertiary alicyclic amines) is 1. The Bertz CT molecular complexity index is 417. The summed E-state index contributed by atoms with van der Waals surface area (Å²) in [5.74, 6) is -0.106. The maximum Gasteiger partial charge on any atom is 0.247 e. The molecule has 1 saturated heterocycles. The second-order valence-corrected chi connectivity index (χ2v) is 5.05. The molecule has 3 N–H and O–H groups in total. The molecule has 18 heavy (non-hydrogen) atoms. The van der Waals surface area contributed by atoms with Gasteiger partial charge in [-0.05, 0) is 25.3 Å². The number of aliphatic hydroxyl groups is 1. The van der Waals surface area contributed by atoms with E-state index in [0.717, 1.165) is 18.4 Å². The average molecular weight is 248 g/mol. The quantitative estimate of drug-likeness (QED) is 0.833. The predicted octanol–water partition coefficient (Wildman–Crippen LogP) is 0.844. The van der Waals surface area contributed by atoms with Crippen molar-refractivity contribution in [2.75, 3.05) is 13.2 Å². The minimum Gasteiger partial charge on any atom is -0.394 e. The molecule has 0 aromatic heterocycles. The van der Waals surface area contributed by atoms with E-state index in [0.29, 0.717) is 6.54 Å². The number of carbonyl (C=O) groups is 1. The van der Waals surface area contributed by atoms with Gasteiger partial charge in [0.1, 0.15) is 5.54 Å². The van der Waals surface area contributed by atoms with E-state index in [9.17, 15) is 9.90 Å². The topological polar surface area (TPSA) is 66.6 Å².